The van der Waals surface area contributed by atoms with E-state index in [9.17, 15) is 0 Å². The van der Waals surface area contributed by atoms with Crippen molar-refractivity contribution in [1.29, 1.82) is 0 Å². The van der Waals surface area contributed by atoms with E-state index in [1.807, 2.05) is 25.2 Å². The van der Waals surface area contributed by atoms with Crippen LogP contribution in [0.25, 0.3) is 0 Å². The van der Waals surface area contributed by atoms with Gasteiger partial charge in [0.15, 0.2) is 0 Å². The molecule has 0 saturated heterocycles. The number of rotatable bonds is 2. The molecule has 0 aromatic rings. The number of hydrogen-bond donors (Lipinski definition) is 0. The van der Waals surface area contributed by atoms with Crippen LogP contribution in [0.1, 0.15) is 20.8 Å². The molecule has 0 saturated carbocycles. The molecule has 0 nitrogen and oxygen atoms in total. The van der Waals surface area contributed by atoms with Crippen molar-refractivity contribution in [1.82, 2.24) is 0 Å². The van der Waals surface area contributed by atoms with Gasteiger partial charge in [0, 0.05) is 4.48 Å². The van der Waals surface area contributed by atoms with Crippen molar-refractivity contribution in [3.63, 3.8) is 0 Å². The molecule has 0 radical (unpaired) electrons. The summed E-state index contributed by atoms with van der Waals surface area (Å²) in [5, 5.41) is 0. The van der Waals surface area contributed by atoms with Gasteiger partial charge in [-0.3, -0.25) is 0 Å². The molecule has 0 unspecified atom stereocenters. The SMILES string of the molecule is C/C=C\C(Br)=C/C=C(C)C. The van der Waals surface area contributed by atoms with E-state index >= 15 is 0 Å². The molecule has 0 amide bonds. The molecule has 0 bridgehead atoms. The highest BCUT2D eigenvalue weighted by Gasteiger charge is 1.78. The van der Waals surface area contributed by atoms with Crippen LogP contribution in [0.2, 0.25) is 0 Å². The van der Waals surface area contributed by atoms with E-state index in [-0.39, 0.29) is 0 Å². The quantitative estimate of drug-likeness (QED) is 0.596. The molecular weight excluding hydrogens is 188 g/mol. The van der Waals surface area contributed by atoms with Crippen LogP contribution in [-0.2, 0) is 0 Å². The molecule has 0 heterocycles. The number of hydrogen-bond acceptors (Lipinski definition) is 0. The van der Waals surface area contributed by atoms with Crippen LogP contribution in [0, 0.1) is 0 Å². The zero-order valence-corrected chi connectivity index (χ0v) is 8.27. The Labute approximate surface area is 71.5 Å². The Morgan fingerprint density at radius 1 is 1.20 bits per heavy atom. The highest BCUT2D eigenvalue weighted by atomic mass is 79.9. The Morgan fingerprint density at radius 3 is 2.20 bits per heavy atom. The van der Waals surface area contributed by atoms with Gasteiger partial charge in [0.1, 0.15) is 0 Å². The normalized spacial score (nSPS) is 12.2. The van der Waals surface area contributed by atoms with Crippen molar-refractivity contribution in [3.05, 3.63) is 34.4 Å². The van der Waals surface area contributed by atoms with Crippen molar-refractivity contribution < 1.29 is 0 Å². The first-order valence-electron chi connectivity index (χ1n) is 3.30. The Morgan fingerprint density at radius 2 is 1.80 bits per heavy atom. The smallest absolute Gasteiger partial charge is 0.0171 e. The van der Waals surface area contributed by atoms with Gasteiger partial charge in [-0.2, -0.15) is 0 Å². The molecule has 1 heteroatoms. The number of halogens is 1. The van der Waals surface area contributed by atoms with Gasteiger partial charge in [0.25, 0.3) is 0 Å². The Balaban J connectivity index is 4.05. The molecule has 0 aromatic heterocycles. The van der Waals surface area contributed by atoms with Crippen molar-refractivity contribution in [2.75, 3.05) is 0 Å². The third-order valence-electron chi connectivity index (χ3n) is 0.902. The summed E-state index contributed by atoms with van der Waals surface area (Å²) in [4.78, 5) is 0. The minimum atomic E-state index is 1.11. The summed E-state index contributed by atoms with van der Waals surface area (Å²) in [7, 11) is 0. The highest BCUT2D eigenvalue weighted by Crippen LogP contribution is 2.07. The molecule has 10 heavy (non-hydrogen) atoms. The molecular formula is C9H13Br. The van der Waals surface area contributed by atoms with Gasteiger partial charge in [-0.1, -0.05) is 39.7 Å². The molecule has 56 valence electrons. The minimum Gasteiger partial charge on any atom is -0.0865 e. The van der Waals surface area contributed by atoms with Gasteiger partial charge in [-0.25, -0.2) is 0 Å². The zero-order valence-electron chi connectivity index (χ0n) is 6.69. The van der Waals surface area contributed by atoms with Crippen LogP contribution < -0.4 is 0 Å². The molecule has 0 atom stereocenters. The summed E-state index contributed by atoms with van der Waals surface area (Å²) in [6.45, 7) is 6.15. The molecule has 0 aliphatic heterocycles. The molecule has 0 aromatic carbocycles. The van der Waals surface area contributed by atoms with Gasteiger partial charge < -0.3 is 0 Å². The average molecular weight is 201 g/mol. The molecule has 0 N–H and O–H groups in total. The van der Waals surface area contributed by atoms with Crippen LogP contribution in [0.15, 0.2) is 34.4 Å². The van der Waals surface area contributed by atoms with Crippen LogP contribution in [-0.4, -0.2) is 0 Å². The maximum Gasteiger partial charge on any atom is 0.0171 e. The first-order chi connectivity index (χ1) is 4.66. The standard InChI is InChI=1S/C9H13Br/c1-4-5-9(10)7-6-8(2)3/h4-7H,1-3H3/b5-4-,9-7+. The zero-order chi connectivity index (χ0) is 7.98. The summed E-state index contributed by atoms with van der Waals surface area (Å²) in [5.41, 5.74) is 1.31. The minimum absolute atomic E-state index is 1.11. The van der Waals surface area contributed by atoms with Gasteiger partial charge in [0.2, 0.25) is 0 Å². The fourth-order valence-corrected chi connectivity index (χ4v) is 0.858. The van der Waals surface area contributed by atoms with Crippen LogP contribution in [0.3, 0.4) is 0 Å². The number of allylic oxidation sites excluding steroid dienone is 6. The lowest BCUT2D eigenvalue weighted by molar-refractivity contribution is 1.39. The fourth-order valence-electron chi connectivity index (χ4n) is 0.461. The van der Waals surface area contributed by atoms with Gasteiger partial charge in [-0.15, -0.1) is 0 Å². The molecule has 0 spiro atoms. The Hall–Kier alpha value is -0.300. The first-order valence-corrected chi connectivity index (χ1v) is 4.09. The molecule has 0 aliphatic carbocycles. The third kappa shape index (κ3) is 5.83. The van der Waals surface area contributed by atoms with E-state index in [1.54, 1.807) is 0 Å². The van der Waals surface area contributed by atoms with E-state index < -0.39 is 0 Å². The predicted molar refractivity (Wildman–Crippen MR) is 51.3 cm³/mol. The van der Waals surface area contributed by atoms with Crippen molar-refractivity contribution in [3.8, 4) is 0 Å². The topological polar surface area (TPSA) is 0 Å². The Bertz CT molecular complexity index is 169. The predicted octanol–water partition coefficient (Wildman–Crippen LogP) is 3.81. The molecule has 0 fully saturated rings. The van der Waals surface area contributed by atoms with E-state index in [2.05, 4.69) is 35.9 Å². The van der Waals surface area contributed by atoms with Crippen molar-refractivity contribution >= 4 is 15.9 Å². The summed E-state index contributed by atoms with van der Waals surface area (Å²) >= 11 is 3.40. The second-order valence-corrected chi connectivity index (χ2v) is 3.21. The van der Waals surface area contributed by atoms with Crippen molar-refractivity contribution in [2.24, 2.45) is 0 Å². The van der Waals surface area contributed by atoms with Crippen LogP contribution >= 0.6 is 15.9 Å². The van der Waals surface area contributed by atoms with Crippen LogP contribution in [0.5, 0.6) is 0 Å². The maximum atomic E-state index is 3.40. The maximum absolute atomic E-state index is 3.40. The second-order valence-electron chi connectivity index (χ2n) is 2.30. The monoisotopic (exact) mass is 200 g/mol. The fraction of sp³-hybridized carbons (Fsp3) is 0.333. The van der Waals surface area contributed by atoms with E-state index in [1.165, 1.54) is 5.57 Å². The van der Waals surface area contributed by atoms with Gasteiger partial charge in [0.05, 0.1) is 0 Å². The van der Waals surface area contributed by atoms with Crippen LogP contribution in [0.4, 0.5) is 0 Å². The van der Waals surface area contributed by atoms with E-state index in [0.717, 1.165) is 4.48 Å². The van der Waals surface area contributed by atoms with Gasteiger partial charge in [-0.05, 0) is 26.8 Å². The van der Waals surface area contributed by atoms with E-state index in [0.29, 0.717) is 0 Å². The largest absolute Gasteiger partial charge is 0.0865 e. The summed E-state index contributed by atoms with van der Waals surface area (Å²) in [5.74, 6) is 0. The summed E-state index contributed by atoms with van der Waals surface area (Å²) in [6, 6.07) is 0. The lowest BCUT2D eigenvalue weighted by Gasteiger charge is -1.85. The second kappa shape index (κ2) is 5.48. The highest BCUT2D eigenvalue weighted by molar-refractivity contribution is 9.11. The molecule has 0 rings (SSSR count). The Kier molecular flexibility index (Phi) is 5.32. The first kappa shape index (κ1) is 9.70. The lowest BCUT2D eigenvalue weighted by Crippen LogP contribution is -1.62. The van der Waals surface area contributed by atoms with E-state index in [4.69, 9.17) is 0 Å². The molecule has 0 aliphatic rings. The van der Waals surface area contributed by atoms with Gasteiger partial charge >= 0.3 is 0 Å². The lowest BCUT2D eigenvalue weighted by atomic mass is 10.3. The summed E-state index contributed by atoms with van der Waals surface area (Å²) in [6.07, 6.45) is 8.12. The third-order valence-corrected chi connectivity index (χ3v) is 1.43. The van der Waals surface area contributed by atoms with Crippen molar-refractivity contribution in [2.45, 2.75) is 20.8 Å². The average Bonchev–Trinajstić information content (AvgIpc) is 1.85. The summed E-state index contributed by atoms with van der Waals surface area (Å²) < 4.78 is 1.11.